The summed E-state index contributed by atoms with van der Waals surface area (Å²) < 4.78 is 6.11. The Morgan fingerprint density at radius 3 is 2.78 bits per heavy atom. The van der Waals surface area contributed by atoms with Crippen molar-refractivity contribution in [1.29, 1.82) is 0 Å². The Bertz CT molecular complexity index is 307. The molecule has 4 atom stereocenters. The summed E-state index contributed by atoms with van der Waals surface area (Å²) in [4.78, 5) is 0. The van der Waals surface area contributed by atoms with Crippen LogP contribution in [0, 0.1) is 11.8 Å². The molecule has 2 fully saturated rings. The molecule has 1 saturated heterocycles. The number of rotatable bonds is 0. The minimum Gasteiger partial charge on any atom is -1.00 e. The van der Waals surface area contributed by atoms with Crippen LogP contribution in [0.25, 0.3) is 0 Å². The molecular formula is C15H26BrNO. The first-order valence-electron chi connectivity index (χ1n) is 7.51. The molecule has 0 radical (unpaired) electrons. The zero-order valence-corrected chi connectivity index (χ0v) is 13.0. The molecule has 2 bridgehead atoms. The fourth-order valence-corrected chi connectivity index (χ4v) is 4.16. The number of quaternary nitrogens is 1. The van der Waals surface area contributed by atoms with Gasteiger partial charge in [-0.1, -0.05) is 19.3 Å². The van der Waals surface area contributed by atoms with Gasteiger partial charge in [-0.2, -0.15) is 0 Å². The Morgan fingerprint density at radius 1 is 1.17 bits per heavy atom. The van der Waals surface area contributed by atoms with Gasteiger partial charge in [-0.05, 0) is 38.2 Å². The first kappa shape index (κ1) is 14.4. The average Bonchev–Trinajstić information content (AvgIpc) is 2.38. The van der Waals surface area contributed by atoms with Gasteiger partial charge in [-0.15, -0.1) is 0 Å². The lowest BCUT2D eigenvalue weighted by atomic mass is 9.55. The van der Waals surface area contributed by atoms with Crippen LogP contribution in [-0.2, 0) is 4.74 Å². The van der Waals surface area contributed by atoms with Gasteiger partial charge in [0.1, 0.15) is 6.04 Å². The number of nitrogens with two attached hydrogens (primary N) is 1. The maximum Gasteiger partial charge on any atom is 0.163 e. The molecule has 0 aromatic carbocycles. The molecule has 3 rings (SSSR count). The summed E-state index contributed by atoms with van der Waals surface area (Å²) in [5, 5.41) is 2.54. The lowest BCUT2D eigenvalue weighted by molar-refractivity contribution is -0.706. The molecule has 2 nitrogen and oxygen atoms in total. The summed E-state index contributed by atoms with van der Waals surface area (Å²) >= 11 is 0. The highest BCUT2D eigenvalue weighted by Gasteiger charge is 2.60. The Labute approximate surface area is 121 Å². The molecule has 2 heterocycles. The number of hydrogen-bond acceptors (Lipinski definition) is 1. The molecule has 3 aliphatic rings. The average molecular weight is 316 g/mol. The van der Waals surface area contributed by atoms with Crippen LogP contribution in [0.4, 0.5) is 0 Å². The molecule has 1 saturated carbocycles. The molecule has 0 amide bonds. The minimum atomic E-state index is 0. The molecule has 18 heavy (non-hydrogen) atoms. The fourth-order valence-electron chi connectivity index (χ4n) is 4.16. The van der Waals surface area contributed by atoms with E-state index in [9.17, 15) is 0 Å². The molecule has 1 aliphatic carbocycles. The predicted molar refractivity (Wildman–Crippen MR) is 68.5 cm³/mol. The Balaban J connectivity index is 0.00000120. The SMILES string of the molecule is CC1[NH2+]CCCCCCCC2C3C=COC12C3.[Br-]. The minimum absolute atomic E-state index is 0. The van der Waals surface area contributed by atoms with Gasteiger partial charge < -0.3 is 27.0 Å². The topological polar surface area (TPSA) is 25.8 Å². The summed E-state index contributed by atoms with van der Waals surface area (Å²) in [5.41, 5.74) is 0.184. The van der Waals surface area contributed by atoms with Crippen molar-refractivity contribution in [3.05, 3.63) is 12.3 Å². The number of ether oxygens (including phenoxy) is 1. The van der Waals surface area contributed by atoms with Gasteiger partial charge in [0, 0.05) is 12.3 Å². The highest BCUT2D eigenvalue weighted by molar-refractivity contribution is 5.16. The third-order valence-electron chi connectivity index (χ3n) is 5.32. The normalized spacial score (nSPS) is 43.5. The van der Waals surface area contributed by atoms with Crippen LogP contribution in [0.5, 0.6) is 0 Å². The fraction of sp³-hybridized carbons (Fsp3) is 0.867. The van der Waals surface area contributed by atoms with Crippen LogP contribution < -0.4 is 22.3 Å². The second-order valence-electron chi connectivity index (χ2n) is 6.25. The van der Waals surface area contributed by atoms with Crippen molar-refractivity contribution in [2.75, 3.05) is 6.54 Å². The zero-order valence-electron chi connectivity index (χ0n) is 11.4. The lowest BCUT2D eigenvalue weighted by Crippen LogP contribution is -3.00. The van der Waals surface area contributed by atoms with Gasteiger partial charge in [-0.25, -0.2) is 0 Å². The Hall–Kier alpha value is -0.0200. The molecule has 0 spiro atoms. The molecular weight excluding hydrogens is 290 g/mol. The zero-order chi connectivity index (χ0) is 11.7. The van der Waals surface area contributed by atoms with E-state index in [-0.39, 0.29) is 22.6 Å². The molecule has 104 valence electrons. The molecule has 3 heteroatoms. The quantitative estimate of drug-likeness (QED) is 0.623. The molecule has 0 aromatic heterocycles. The third kappa shape index (κ3) is 2.36. The maximum absolute atomic E-state index is 6.11. The Kier molecular flexibility index (Phi) is 4.76. The van der Waals surface area contributed by atoms with Crippen molar-refractivity contribution < 1.29 is 27.0 Å². The Morgan fingerprint density at radius 2 is 1.94 bits per heavy atom. The van der Waals surface area contributed by atoms with Gasteiger partial charge in [-0.3, -0.25) is 0 Å². The van der Waals surface area contributed by atoms with E-state index < -0.39 is 0 Å². The summed E-state index contributed by atoms with van der Waals surface area (Å²) in [5.74, 6) is 1.62. The van der Waals surface area contributed by atoms with Crippen LogP contribution in [0.2, 0.25) is 0 Å². The van der Waals surface area contributed by atoms with Crippen molar-refractivity contribution in [3.63, 3.8) is 0 Å². The van der Waals surface area contributed by atoms with E-state index in [0.717, 1.165) is 11.8 Å². The van der Waals surface area contributed by atoms with Crippen LogP contribution in [0.1, 0.15) is 51.9 Å². The van der Waals surface area contributed by atoms with Gasteiger partial charge in [0.15, 0.2) is 5.60 Å². The van der Waals surface area contributed by atoms with E-state index in [4.69, 9.17) is 4.74 Å². The molecule has 0 aromatic rings. The van der Waals surface area contributed by atoms with Crippen molar-refractivity contribution in [1.82, 2.24) is 0 Å². The monoisotopic (exact) mass is 315 g/mol. The van der Waals surface area contributed by atoms with E-state index in [1.807, 2.05) is 6.26 Å². The van der Waals surface area contributed by atoms with Gasteiger partial charge in [0.05, 0.1) is 12.8 Å². The summed E-state index contributed by atoms with van der Waals surface area (Å²) in [7, 11) is 0. The van der Waals surface area contributed by atoms with Crippen molar-refractivity contribution in [2.45, 2.75) is 63.5 Å². The van der Waals surface area contributed by atoms with Gasteiger partial charge in [0.2, 0.25) is 0 Å². The smallest absolute Gasteiger partial charge is 0.163 e. The predicted octanol–water partition coefficient (Wildman–Crippen LogP) is -0.785. The van der Waals surface area contributed by atoms with E-state index in [1.165, 1.54) is 51.5 Å². The van der Waals surface area contributed by atoms with Crippen molar-refractivity contribution >= 4 is 0 Å². The van der Waals surface area contributed by atoms with Crippen molar-refractivity contribution in [2.24, 2.45) is 11.8 Å². The van der Waals surface area contributed by atoms with E-state index in [1.54, 1.807) is 0 Å². The third-order valence-corrected chi connectivity index (χ3v) is 5.32. The standard InChI is InChI=1S/C15H25NO.BrH/c1-12-15-11-13(8-10-17-15)14(15)7-5-3-2-4-6-9-16-12;/h8,10,12-14,16H,2-7,9,11H2,1H3;1H. The van der Waals surface area contributed by atoms with Crippen LogP contribution >= 0.6 is 0 Å². The summed E-state index contributed by atoms with van der Waals surface area (Å²) in [6.07, 6.45) is 14.0. The van der Waals surface area contributed by atoms with E-state index in [0.29, 0.717) is 6.04 Å². The highest BCUT2D eigenvalue weighted by atomic mass is 79.9. The molecule has 4 unspecified atom stereocenters. The van der Waals surface area contributed by atoms with Crippen LogP contribution in [-0.4, -0.2) is 18.2 Å². The van der Waals surface area contributed by atoms with E-state index >= 15 is 0 Å². The van der Waals surface area contributed by atoms with E-state index in [2.05, 4.69) is 18.3 Å². The largest absolute Gasteiger partial charge is 1.00 e. The van der Waals surface area contributed by atoms with Crippen molar-refractivity contribution in [3.8, 4) is 0 Å². The summed E-state index contributed by atoms with van der Waals surface area (Å²) in [6.45, 7) is 3.66. The first-order chi connectivity index (χ1) is 8.33. The maximum atomic E-state index is 6.11. The highest BCUT2D eigenvalue weighted by Crippen LogP contribution is 2.54. The second-order valence-corrected chi connectivity index (χ2v) is 6.25. The molecule has 2 aliphatic heterocycles. The second kappa shape index (κ2) is 5.96. The summed E-state index contributed by atoms with van der Waals surface area (Å²) in [6, 6.07) is 0.631. The molecule has 2 N–H and O–H groups in total. The van der Waals surface area contributed by atoms with Gasteiger partial charge >= 0.3 is 0 Å². The van der Waals surface area contributed by atoms with Gasteiger partial charge in [0.25, 0.3) is 0 Å². The lowest BCUT2D eigenvalue weighted by Gasteiger charge is -2.57. The van der Waals surface area contributed by atoms with Crippen LogP contribution in [0.3, 0.4) is 0 Å². The first-order valence-corrected chi connectivity index (χ1v) is 7.51. The van der Waals surface area contributed by atoms with Crippen LogP contribution in [0.15, 0.2) is 12.3 Å². The number of allylic oxidation sites excluding steroid dienone is 1. The number of halogens is 1. The number of hydrogen-bond donors (Lipinski definition) is 1.